The second-order valence-electron chi connectivity index (χ2n) is 7.40. The van der Waals surface area contributed by atoms with Crippen LogP contribution in [0.4, 0.5) is 0 Å². The van der Waals surface area contributed by atoms with Gasteiger partial charge in [0.25, 0.3) is 0 Å². The van der Waals surface area contributed by atoms with Gasteiger partial charge in [0.1, 0.15) is 0 Å². The predicted octanol–water partition coefficient (Wildman–Crippen LogP) is 3.99. The minimum atomic E-state index is -3.76. The molecule has 0 heterocycles. The second kappa shape index (κ2) is 7.92. The first kappa shape index (κ1) is 23.0. The number of allylic oxidation sites excluding steroid dienone is 1. The molecule has 0 amide bonds. The van der Waals surface area contributed by atoms with Crippen LogP contribution < -0.4 is 3.80 Å². The first-order chi connectivity index (χ1) is 9.65. The van der Waals surface area contributed by atoms with Crippen LogP contribution in [0.15, 0.2) is 30.3 Å². The number of fused-ring (bicyclic) bond motifs is 1. The molecule has 0 aliphatic heterocycles. The van der Waals surface area contributed by atoms with Crippen molar-refractivity contribution in [2.75, 3.05) is 13.2 Å². The summed E-state index contributed by atoms with van der Waals surface area (Å²) in [7, 11) is 0. The molecular formula is C17H29Cl2NO2Ti. The zero-order valence-electron chi connectivity index (χ0n) is 14.3. The Morgan fingerprint density at radius 1 is 1.26 bits per heavy atom. The van der Waals surface area contributed by atoms with Crippen LogP contribution in [-0.2, 0) is 18.8 Å². The second-order valence-corrected chi connectivity index (χ2v) is 15.4. The van der Waals surface area contributed by atoms with Gasteiger partial charge in [0.2, 0.25) is 0 Å². The van der Waals surface area contributed by atoms with Crippen molar-refractivity contribution >= 4 is 35.7 Å². The average molecular weight is 398 g/mol. The Hall–Kier alpha value is 0.00429. The number of nitrogens with one attached hydrogen (secondary N) is 1. The zero-order chi connectivity index (χ0) is 15.8. The Bertz CT molecular complexity index is 625. The summed E-state index contributed by atoms with van der Waals surface area (Å²) in [6.45, 7) is 6.76. The van der Waals surface area contributed by atoms with Gasteiger partial charge in [-0.3, -0.25) is 0 Å². The Labute approximate surface area is 153 Å². The fourth-order valence-corrected chi connectivity index (χ4v) is 10.9. The molecule has 1 aromatic carbocycles. The van der Waals surface area contributed by atoms with E-state index in [4.69, 9.17) is 3.32 Å². The Morgan fingerprint density at radius 2 is 1.87 bits per heavy atom. The van der Waals surface area contributed by atoms with Crippen molar-refractivity contribution in [3.8, 4) is 0 Å². The molecule has 0 fully saturated rings. The van der Waals surface area contributed by atoms with Gasteiger partial charge in [0, 0.05) is 0 Å². The molecule has 0 saturated heterocycles. The Balaban J connectivity index is 0.00000242. The van der Waals surface area contributed by atoms with Crippen molar-refractivity contribution in [1.82, 2.24) is 3.80 Å². The van der Waals surface area contributed by atoms with Crippen molar-refractivity contribution in [3.63, 3.8) is 0 Å². The van der Waals surface area contributed by atoms with E-state index in [0.717, 1.165) is 0 Å². The fourth-order valence-electron chi connectivity index (χ4n) is 3.45. The van der Waals surface area contributed by atoms with Crippen LogP contribution in [-0.4, -0.2) is 28.7 Å². The van der Waals surface area contributed by atoms with Crippen molar-refractivity contribution in [3.05, 3.63) is 41.5 Å². The van der Waals surface area contributed by atoms with Crippen LogP contribution in [0, 0.1) is 0 Å². The van der Waals surface area contributed by atoms with Gasteiger partial charge in [-0.25, -0.2) is 0 Å². The Morgan fingerprint density at radius 3 is 2.43 bits per heavy atom. The van der Waals surface area contributed by atoms with E-state index in [1.807, 2.05) is 0 Å². The van der Waals surface area contributed by atoms with Crippen LogP contribution >= 0.6 is 24.8 Å². The maximum atomic E-state index is 9.21. The summed E-state index contributed by atoms with van der Waals surface area (Å²) >= 11 is -3.76. The number of aliphatic hydroxyl groups is 1. The summed E-state index contributed by atoms with van der Waals surface area (Å²) < 4.78 is 10.1. The summed E-state index contributed by atoms with van der Waals surface area (Å²) in [6, 6.07) is 8.40. The third-order valence-electron chi connectivity index (χ3n) is 3.92. The van der Waals surface area contributed by atoms with Crippen LogP contribution in [0.5, 0.6) is 0 Å². The molecule has 1 aromatic rings. The van der Waals surface area contributed by atoms with Gasteiger partial charge in [-0.05, 0) is 0 Å². The molecule has 23 heavy (non-hydrogen) atoms. The number of benzene rings is 1. The zero-order valence-corrected chi connectivity index (χ0v) is 17.5. The van der Waals surface area contributed by atoms with Crippen molar-refractivity contribution < 1.29 is 23.9 Å². The van der Waals surface area contributed by atoms with Gasteiger partial charge in [-0.2, -0.15) is 0 Å². The van der Waals surface area contributed by atoms with Gasteiger partial charge in [-0.15, -0.1) is 24.8 Å². The molecule has 1 atom stereocenters. The van der Waals surface area contributed by atoms with E-state index in [0.29, 0.717) is 6.61 Å². The Kier molecular flexibility index (Phi) is 7.92. The van der Waals surface area contributed by atoms with Crippen LogP contribution in [0.25, 0.3) is 6.08 Å². The van der Waals surface area contributed by atoms with E-state index in [9.17, 15) is 5.11 Å². The molecule has 0 spiro atoms. The van der Waals surface area contributed by atoms with Gasteiger partial charge >= 0.3 is 129 Å². The molecule has 2 N–H and O–H groups in total. The van der Waals surface area contributed by atoms with E-state index < -0.39 is 15.5 Å². The van der Waals surface area contributed by atoms with E-state index in [1.54, 1.807) is 0 Å². The summed E-state index contributed by atoms with van der Waals surface area (Å²) in [6.07, 6.45) is 4.37. The van der Waals surface area contributed by atoms with Crippen molar-refractivity contribution in [2.45, 2.75) is 35.8 Å². The SMILES string of the molecule is Cl.Cl.[CH2]=[Ti]([CH3])([NH]C(C)(C)C)([O]CCO)[CH]1C=Cc2ccccc21. The maximum absolute atomic E-state index is 9.21. The molecule has 1 unspecified atom stereocenters. The predicted molar refractivity (Wildman–Crippen MR) is 102 cm³/mol. The molecule has 0 radical (unpaired) electrons. The van der Waals surface area contributed by atoms with E-state index in [-0.39, 0.29) is 41.2 Å². The van der Waals surface area contributed by atoms with Crippen molar-refractivity contribution in [2.24, 2.45) is 0 Å². The topological polar surface area (TPSA) is 41.5 Å². The fraction of sp³-hybridized carbons (Fsp3) is 0.471. The first-order valence-electron chi connectivity index (χ1n) is 7.52. The summed E-state index contributed by atoms with van der Waals surface area (Å²) in [5, 5.41) is 11.4. The van der Waals surface area contributed by atoms with Crippen molar-refractivity contribution in [1.29, 1.82) is 0 Å². The average Bonchev–Trinajstić information content (AvgIpc) is 2.79. The summed E-state index contributed by atoms with van der Waals surface area (Å²) in [5.41, 5.74) is 2.43. The van der Waals surface area contributed by atoms with Gasteiger partial charge in [0.15, 0.2) is 0 Å². The quantitative estimate of drug-likeness (QED) is 0.738. The monoisotopic (exact) mass is 397 g/mol. The molecule has 6 heteroatoms. The molecule has 2 rings (SSSR count). The van der Waals surface area contributed by atoms with Crippen LogP contribution in [0.2, 0.25) is 5.23 Å². The number of aliphatic hydroxyl groups excluding tert-OH is 1. The molecule has 1 aliphatic rings. The third-order valence-corrected chi connectivity index (χ3v) is 11.0. The molecule has 0 bridgehead atoms. The van der Waals surface area contributed by atoms with Gasteiger partial charge in [0.05, 0.1) is 0 Å². The normalized spacial score (nSPS) is 17.2. The van der Waals surface area contributed by atoms with Crippen LogP contribution in [0.1, 0.15) is 36.1 Å². The summed E-state index contributed by atoms with van der Waals surface area (Å²) in [4.78, 5) is 4.60. The first-order valence-corrected chi connectivity index (χ1v) is 12.5. The molecule has 0 aromatic heterocycles. The number of hydrogen-bond donors (Lipinski definition) is 2. The molecule has 0 saturated carbocycles. The standard InChI is InChI=1S/C9H7.C4H10N.C2H5O2.CH3.CH2.2ClH.Ti/c1-2-5-9-7-3-6-8(9)4-1;1-4(2,3)5;3-1-2-4;;;;;/h1-7H;5H,1-3H3;3H,1-2H2;1H3;1H2;2*1H;/q;2*-1;;;;;+2. The number of hydrogen-bond acceptors (Lipinski definition) is 3. The van der Waals surface area contributed by atoms with Gasteiger partial charge < -0.3 is 0 Å². The number of halogens is 2. The third kappa shape index (κ3) is 5.24. The molecule has 132 valence electrons. The summed E-state index contributed by atoms with van der Waals surface area (Å²) in [5.74, 6) is 0. The van der Waals surface area contributed by atoms with E-state index in [1.165, 1.54) is 11.1 Å². The minimum absolute atomic E-state index is 0. The number of rotatable bonds is 5. The molecule has 1 aliphatic carbocycles. The van der Waals surface area contributed by atoms with Crippen LogP contribution in [0.3, 0.4) is 0 Å². The molecule has 3 nitrogen and oxygen atoms in total. The molecular weight excluding hydrogens is 369 g/mol. The van der Waals surface area contributed by atoms with E-state index in [2.05, 4.69) is 71.0 Å². The van der Waals surface area contributed by atoms with E-state index >= 15 is 0 Å². The van der Waals surface area contributed by atoms with Gasteiger partial charge in [-0.1, -0.05) is 0 Å².